The van der Waals surface area contributed by atoms with Gasteiger partial charge in [-0.3, -0.25) is 4.79 Å². The second kappa shape index (κ2) is 6.07. The van der Waals surface area contributed by atoms with Crippen LogP contribution in [0.2, 0.25) is 0 Å². The summed E-state index contributed by atoms with van der Waals surface area (Å²) >= 11 is 0. The SMILES string of the molecule is Cc1ccc(C)c(-c2nn(CC(O)CO)c(N)c2C=O)c1. The van der Waals surface area contributed by atoms with Gasteiger partial charge in [0, 0.05) is 5.56 Å². The lowest BCUT2D eigenvalue weighted by molar-refractivity contribution is 0.0788. The summed E-state index contributed by atoms with van der Waals surface area (Å²) in [6.45, 7) is 3.53. The Kier molecular flexibility index (Phi) is 4.40. The van der Waals surface area contributed by atoms with E-state index in [9.17, 15) is 9.90 Å². The number of hydrogen-bond acceptors (Lipinski definition) is 5. The molecule has 1 aromatic heterocycles. The predicted octanol–water partition coefficient (Wildman–Crippen LogP) is 0.915. The van der Waals surface area contributed by atoms with E-state index in [0.717, 1.165) is 16.7 Å². The smallest absolute Gasteiger partial charge is 0.156 e. The molecule has 0 saturated heterocycles. The molecule has 2 rings (SSSR count). The van der Waals surface area contributed by atoms with Crippen LogP contribution in [0.25, 0.3) is 11.3 Å². The van der Waals surface area contributed by atoms with Crippen LogP contribution in [-0.2, 0) is 6.54 Å². The first kappa shape index (κ1) is 15.2. The van der Waals surface area contributed by atoms with Gasteiger partial charge in [-0.2, -0.15) is 5.10 Å². The lowest BCUT2D eigenvalue weighted by Gasteiger charge is -2.08. The molecule has 6 nitrogen and oxygen atoms in total. The summed E-state index contributed by atoms with van der Waals surface area (Å²) in [5.41, 5.74) is 9.58. The Morgan fingerprint density at radius 1 is 1.43 bits per heavy atom. The number of aromatic nitrogens is 2. The van der Waals surface area contributed by atoms with Crippen molar-refractivity contribution in [2.45, 2.75) is 26.5 Å². The molecule has 2 aromatic rings. The molecule has 4 N–H and O–H groups in total. The second-order valence-electron chi connectivity index (χ2n) is 5.10. The van der Waals surface area contributed by atoms with E-state index >= 15 is 0 Å². The van der Waals surface area contributed by atoms with Gasteiger partial charge in [0.1, 0.15) is 11.5 Å². The molecule has 0 fully saturated rings. The van der Waals surface area contributed by atoms with Crippen LogP contribution < -0.4 is 5.73 Å². The van der Waals surface area contributed by atoms with E-state index in [-0.39, 0.29) is 12.4 Å². The zero-order valence-electron chi connectivity index (χ0n) is 12.1. The number of anilines is 1. The molecule has 0 saturated carbocycles. The number of aliphatic hydroxyl groups is 2. The average molecular weight is 289 g/mol. The van der Waals surface area contributed by atoms with Gasteiger partial charge in [-0.1, -0.05) is 17.7 Å². The average Bonchev–Trinajstić information content (AvgIpc) is 2.77. The van der Waals surface area contributed by atoms with Gasteiger partial charge in [0.2, 0.25) is 0 Å². The van der Waals surface area contributed by atoms with Gasteiger partial charge in [0.05, 0.1) is 24.8 Å². The molecule has 1 aromatic carbocycles. The number of aliphatic hydroxyl groups excluding tert-OH is 2. The first-order chi connectivity index (χ1) is 9.97. The Labute approximate surface area is 122 Å². The van der Waals surface area contributed by atoms with Gasteiger partial charge >= 0.3 is 0 Å². The molecule has 1 atom stereocenters. The molecule has 21 heavy (non-hydrogen) atoms. The van der Waals surface area contributed by atoms with E-state index in [1.807, 2.05) is 32.0 Å². The molecule has 0 aliphatic heterocycles. The Balaban J connectivity index is 2.55. The van der Waals surface area contributed by atoms with Crippen molar-refractivity contribution in [1.82, 2.24) is 9.78 Å². The van der Waals surface area contributed by atoms with Gasteiger partial charge in [0.15, 0.2) is 6.29 Å². The van der Waals surface area contributed by atoms with Crippen molar-refractivity contribution in [2.24, 2.45) is 0 Å². The largest absolute Gasteiger partial charge is 0.394 e. The van der Waals surface area contributed by atoms with Crippen molar-refractivity contribution in [3.63, 3.8) is 0 Å². The molecular formula is C15H19N3O3. The molecule has 0 amide bonds. The number of rotatable bonds is 5. The number of nitrogens with zero attached hydrogens (tertiary/aromatic N) is 2. The highest BCUT2D eigenvalue weighted by Gasteiger charge is 2.19. The van der Waals surface area contributed by atoms with Gasteiger partial charge in [0.25, 0.3) is 0 Å². The fourth-order valence-corrected chi connectivity index (χ4v) is 2.19. The summed E-state index contributed by atoms with van der Waals surface area (Å²) in [5.74, 6) is 0.188. The van der Waals surface area contributed by atoms with Crippen LogP contribution in [0.4, 0.5) is 5.82 Å². The van der Waals surface area contributed by atoms with Crippen molar-refractivity contribution < 1.29 is 15.0 Å². The molecule has 112 valence electrons. The Hall–Kier alpha value is -2.18. The minimum Gasteiger partial charge on any atom is -0.394 e. The van der Waals surface area contributed by atoms with Crippen LogP contribution in [0, 0.1) is 13.8 Å². The Morgan fingerprint density at radius 3 is 2.76 bits per heavy atom. The van der Waals surface area contributed by atoms with Crippen LogP contribution in [0.1, 0.15) is 21.5 Å². The van der Waals surface area contributed by atoms with Crippen molar-refractivity contribution >= 4 is 12.1 Å². The summed E-state index contributed by atoms with van der Waals surface area (Å²) in [6.07, 6.45) is -0.306. The molecule has 6 heteroatoms. The van der Waals surface area contributed by atoms with Crippen LogP contribution in [-0.4, -0.2) is 39.0 Å². The monoisotopic (exact) mass is 289 g/mol. The maximum Gasteiger partial charge on any atom is 0.156 e. The number of nitrogens with two attached hydrogens (primary N) is 1. The highest BCUT2D eigenvalue weighted by molar-refractivity contribution is 5.92. The minimum absolute atomic E-state index is 0.0358. The predicted molar refractivity (Wildman–Crippen MR) is 80.0 cm³/mol. The highest BCUT2D eigenvalue weighted by atomic mass is 16.3. The molecule has 0 radical (unpaired) electrons. The van der Waals surface area contributed by atoms with Gasteiger partial charge in [-0.15, -0.1) is 0 Å². The third kappa shape index (κ3) is 2.96. The Bertz CT molecular complexity index is 664. The maximum absolute atomic E-state index is 11.3. The normalized spacial score (nSPS) is 12.4. The minimum atomic E-state index is -0.974. The molecule has 0 bridgehead atoms. The third-order valence-corrected chi connectivity index (χ3v) is 3.39. The van der Waals surface area contributed by atoms with Crippen molar-refractivity contribution in [2.75, 3.05) is 12.3 Å². The molecule has 0 aliphatic rings. The summed E-state index contributed by atoms with van der Waals surface area (Å²) < 4.78 is 1.35. The Morgan fingerprint density at radius 2 is 2.14 bits per heavy atom. The van der Waals surface area contributed by atoms with Crippen molar-refractivity contribution in [3.8, 4) is 11.3 Å². The van der Waals surface area contributed by atoms with Gasteiger partial charge < -0.3 is 15.9 Å². The second-order valence-corrected chi connectivity index (χ2v) is 5.10. The fourth-order valence-electron chi connectivity index (χ4n) is 2.19. The first-order valence-electron chi connectivity index (χ1n) is 6.66. The lowest BCUT2D eigenvalue weighted by atomic mass is 10.0. The number of aryl methyl sites for hydroxylation is 2. The fraction of sp³-hybridized carbons (Fsp3) is 0.333. The summed E-state index contributed by atoms with van der Waals surface area (Å²) in [5, 5.41) is 22.8. The first-order valence-corrected chi connectivity index (χ1v) is 6.66. The van der Waals surface area contributed by atoms with E-state index in [2.05, 4.69) is 5.10 Å². The number of carbonyl (C=O) groups is 1. The third-order valence-electron chi connectivity index (χ3n) is 3.39. The quantitative estimate of drug-likeness (QED) is 0.710. The van der Waals surface area contributed by atoms with E-state index in [1.165, 1.54) is 4.68 Å². The summed E-state index contributed by atoms with van der Waals surface area (Å²) in [6, 6.07) is 5.88. The summed E-state index contributed by atoms with van der Waals surface area (Å²) in [4.78, 5) is 11.3. The van der Waals surface area contributed by atoms with Crippen molar-refractivity contribution in [3.05, 3.63) is 34.9 Å². The molecule has 0 aliphatic carbocycles. The number of benzene rings is 1. The van der Waals surface area contributed by atoms with E-state index < -0.39 is 12.7 Å². The topological polar surface area (TPSA) is 101 Å². The van der Waals surface area contributed by atoms with E-state index in [1.54, 1.807) is 0 Å². The number of nitrogen functional groups attached to an aromatic ring is 1. The lowest BCUT2D eigenvalue weighted by Crippen LogP contribution is -2.21. The number of hydrogen-bond donors (Lipinski definition) is 3. The van der Waals surface area contributed by atoms with Gasteiger partial charge in [-0.25, -0.2) is 4.68 Å². The van der Waals surface area contributed by atoms with Crippen LogP contribution in [0.3, 0.4) is 0 Å². The standard InChI is InChI=1S/C15H19N3O3/c1-9-3-4-10(2)12(5-9)14-13(8-20)15(16)18(17-14)6-11(21)7-19/h3-5,8,11,19,21H,6-7,16H2,1-2H3. The van der Waals surface area contributed by atoms with Crippen molar-refractivity contribution in [1.29, 1.82) is 0 Å². The van der Waals surface area contributed by atoms with Gasteiger partial charge in [-0.05, 0) is 25.5 Å². The molecule has 0 spiro atoms. The van der Waals surface area contributed by atoms with Crippen LogP contribution in [0.5, 0.6) is 0 Å². The van der Waals surface area contributed by atoms with E-state index in [0.29, 0.717) is 17.5 Å². The zero-order chi connectivity index (χ0) is 15.6. The zero-order valence-corrected chi connectivity index (χ0v) is 12.1. The number of carbonyl (C=O) groups excluding carboxylic acids is 1. The van der Waals surface area contributed by atoms with Crippen LogP contribution in [0.15, 0.2) is 18.2 Å². The molecular weight excluding hydrogens is 270 g/mol. The maximum atomic E-state index is 11.3. The molecule has 1 unspecified atom stereocenters. The number of aldehydes is 1. The molecule has 1 heterocycles. The highest BCUT2D eigenvalue weighted by Crippen LogP contribution is 2.29. The van der Waals surface area contributed by atoms with E-state index in [4.69, 9.17) is 10.8 Å². The summed E-state index contributed by atoms with van der Waals surface area (Å²) in [7, 11) is 0. The van der Waals surface area contributed by atoms with Crippen LogP contribution >= 0.6 is 0 Å².